The summed E-state index contributed by atoms with van der Waals surface area (Å²) in [6.07, 6.45) is -1.56. The van der Waals surface area contributed by atoms with Gasteiger partial charge in [0.15, 0.2) is 0 Å². The number of carbonyl (C=O) groups excluding carboxylic acids is 1. The van der Waals surface area contributed by atoms with E-state index in [4.69, 9.17) is 9.15 Å². The fraction of sp³-hybridized carbons (Fsp3) is 0.261. The van der Waals surface area contributed by atoms with Gasteiger partial charge in [-0.3, -0.25) is 0 Å². The number of rotatable bonds is 6. The van der Waals surface area contributed by atoms with Crippen molar-refractivity contribution in [2.45, 2.75) is 12.3 Å². The molecule has 0 aliphatic carbocycles. The van der Waals surface area contributed by atoms with Crippen LogP contribution in [0.1, 0.15) is 17.9 Å². The lowest BCUT2D eigenvalue weighted by molar-refractivity contribution is -0.201. The Balaban J connectivity index is 1.31. The lowest BCUT2D eigenvalue weighted by Crippen LogP contribution is -2.43. The maximum atomic E-state index is 12.7. The number of aromatic nitrogens is 5. The Morgan fingerprint density at radius 2 is 1.78 bits per heavy atom. The van der Waals surface area contributed by atoms with Crippen LogP contribution in [0.3, 0.4) is 0 Å². The van der Waals surface area contributed by atoms with E-state index in [2.05, 4.69) is 25.8 Å². The number of amides is 2. The van der Waals surface area contributed by atoms with Crippen LogP contribution >= 0.6 is 0 Å². The molecule has 1 fully saturated rings. The van der Waals surface area contributed by atoms with Crippen LogP contribution in [0.25, 0.3) is 22.7 Å². The van der Waals surface area contributed by atoms with Crippen molar-refractivity contribution in [2.75, 3.05) is 31.6 Å². The standard InChI is InChI=1S/C23H21F2N7O5/c24-19(25)21-29-28-20(37-21)14-4-6-16(7-5-14)23(34,35)32-13-18(27-30-32)15-2-1-3-17(12-15)26-22(33)31-8-10-36-11-9-31/h1-7,12-13,19,34-35H,8-11H2,(H,26,33). The van der Waals surface area contributed by atoms with Crippen LogP contribution in [-0.2, 0) is 10.6 Å². The summed E-state index contributed by atoms with van der Waals surface area (Å²) in [6.45, 7) is 1.98. The third-order valence-electron chi connectivity index (χ3n) is 5.67. The third-order valence-corrected chi connectivity index (χ3v) is 5.67. The van der Waals surface area contributed by atoms with Gasteiger partial charge in [-0.2, -0.15) is 13.5 Å². The summed E-state index contributed by atoms with van der Waals surface area (Å²) in [6, 6.07) is 12.2. The highest BCUT2D eigenvalue weighted by atomic mass is 19.3. The van der Waals surface area contributed by atoms with Crippen molar-refractivity contribution < 1.29 is 32.9 Å². The molecule has 1 aliphatic rings. The number of morpholine rings is 1. The molecule has 0 unspecified atom stereocenters. The first-order valence-electron chi connectivity index (χ1n) is 11.2. The van der Waals surface area contributed by atoms with Gasteiger partial charge in [0.2, 0.25) is 5.89 Å². The summed E-state index contributed by atoms with van der Waals surface area (Å²) < 4.78 is 36.4. The van der Waals surface area contributed by atoms with Crippen molar-refractivity contribution in [1.82, 2.24) is 30.1 Å². The molecule has 0 radical (unpaired) electrons. The van der Waals surface area contributed by atoms with Gasteiger partial charge in [-0.1, -0.05) is 29.5 Å². The van der Waals surface area contributed by atoms with E-state index in [1.165, 1.54) is 30.5 Å². The Hall–Kier alpha value is -4.27. The smallest absolute Gasteiger partial charge is 0.321 e. The van der Waals surface area contributed by atoms with E-state index in [1.54, 1.807) is 29.2 Å². The third kappa shape index (κ3) is 5.16. The Kier molecular flexibility index (Phi) is 6.60. The number of hydrogen-bond donors (Lipinski definition) is 3. The molecular formula is C23H21F2N7O5. The normalized spacial score (nSPS) is 14.2. The molecule has 3 N–H and O–H groups in total. The minimum Gasteiger partial charge on any atom is -0.415 e. The molecule has 2 aromatic heterocycles. The van der Waals surface area contributed by atoms with E-state index in [1.807, 2.05) is 0 Å². The number of nitrogens with zero attached hydrogens (tertiary/aromatic N) is 6. The highest BCUT2D eigenvalue weighted by Crippen LogP contribution is 2.28. The van der Waals surface area contributed by atoms with E-state index >= 15 is 0 Å². The molecule has 37 heavy (non-hydrogen) atoms. The van der Waals surface area contributed by atoms with Crippen LogP contribution in [0, 0.1) is 0 Å². The number of urea groups is 1. The Morgan fingerprint density at radius 1 is 1.03 bits per heavy atom. The molecule has 0 atom stereocenters. The Bertz CT molecular complexity index is 1380. The van der Waals surface area contributed by atoms with Crippen molar-refractivity contribution in [2.24, 2.45) is 0 Å². The summed E-state index contributed by atoms with van der Waals surface area (Å²) in [5.41, 5.74) is 1.79. The maximum absolute atomic E-state index is 12.7. The second kappa shape index (κ2) is 10.0. The lowest BCUT2D eigenvalue weighted by Gasteiger charge is -2.26. The summed E-state index contributed by atoms with van der Waals surface area (Å²) in [5, 5.41) is 39.1. The molecule has 4 aromatic rings. The largest absolute Gasteiger partial charge is 0.415 e. The Labute approximate surface area is 208 Å². The molecule has 5 rings (SSSR count). The van der Waals surface area contributed by atoms with Crippen LogP contribution in [0.15, 0.2) is 59.1 Å². The Morgan fingerprint density at radius 3 is 2.49 bits per heavy atom. The van der Waals surface area contributed by atoms with Gasteiger partial charge >= 0.3 is 12.5 Å². The van der Waals surface area contributed by atoms with Crippen molar-refractivity contribution in [3.8, 4) is 22.7 Å². The number of halogens is 2. The van der Waals surface area contributed by atoms with Crippen molar-refractivity contribution in [3.63, 3.8) is 0 Å². The van der Waals surface area contributed by atoms with E-state index < -0.39 is 18.2 Å². The summed E-state index contributed by atoms with van der Waals surface area (Å²) in [7, 11) is 0. The molecule has 192 valence electrons. The van der Waals surface area contributed by atoms with Crippen molar-refractivity contribution in [3.05, 3.63) is 66.2 Å². The maximum Gasteiger partial charge on any atom is 0.321 e. The predicted molar refractivity (Wildman–Crippen MR) is 123 cm³/mol. The summed E-state index contributed by atoms with van der Waals surface area (Å²) >= 11 is 0. The van der Waals surface area contributed by atoms with E-state index in [9.17, 15) is 23.8 Å². The number of benzene rings is 2. The highest BCUT2D eigenvalue weighted by molar-refractivity contribution is 5.90. The fourth-order valence-electron chi connectivity index (χ4n) is 3.68. The van der Waals surface area contributed by atoms with Gasteiger partial charge in [0.1, 0.15) is 5.69 Å². The van der Waals surface area contributed by atoms with E-state index in [0.717, 1.165) is 4.68 Å². The molecule has 12 nitrogen and oxygen atoms in total. The van der Waals surface area contributed by atoms with Crippen molar-refractivity contribution in [1.29, 1.82) is 0 Å². The first-order valence-corrected chi connectivity index (χ1v) is 11.2. The van der Waals surface area contributed by atoms with Gasteiger partial charge in [-0.25, -0.2) is 4.79 Å². The molecule has 2 amide bonds. The number of anilines is 1. The molecule has 0 saturated carbocycles. The number of carbonyl (C=O) groups is 1. The average Bonchev–Trinajstić information content (AvgIpc) is 3.61. The zero-order chi connectivity index (χ0) is 26.0. The van der Waals surface area contributed by atoms with Crippen LogP contribution in [0.4, 0.5) is 19.3 Å². The zero-order valence-corrected chi connectivity index (χ0v) is 19.2. The molecule has 14 heteroatoms. The monoisotopic (exact) mass is 513 g/mol. The lowest BCUT2D eigenvalue weighted by atomic mass is 10.1. The molecular weight excluding hydrogens is 492 g/mol. The van der Waals surface area contributed by atoms with Crippen LogP contribution in [0.2, 0.25) is 0 Å². The van der Waals surface area contributed by atoms with Crippen LogP contribution in [-0.4, -0.2) is 72.6 Å². The van der Waals surface area contributed by atoms with E-state index in [-0.39, 0.29) is 17.5 Å². The van der Waals surface area contributed by atoms with E-state index in [0.29, 0.717) is 48.8 Å². The molecule has 2 aromatic carbocycles. The molecule has 3 heterocycles. The molecule has 0 spiro atoms. The van der Waals surface area contributed by atoms with Gasteiger partial charge in [-0.15, -0.1) is 15.3 Å². The highest BCUT2D eigenvalue weighted by Gasteiger charge is 2.31. The fourth-order valence-corrected chi connectivity index (χ4v) is 3.68. The first-order chi connectivity index (χ1) is 17.8. The molecule has 0 bridgehead atoms. The van der Waals surface area contributed by atoms with Crippen LogP contribution in [0.5, 0.6) is 0 Å². The number of hydrogen-bond acceptors (Lipinski definition) is 9. The zero-order valence-electron chi connectivity index (χ0n) is 19.2. The number of aliphatic hydroxyl groups is 2. The summed E-state index contributed by atoms with van der Waals surface area (Å²) in [5.74, 6) is -3.51. The number of ether oxygens (including phenoxy) is 1. The summed E-state index contributed by atoms with van der Waals surface area (Å²) in [4.78, 5) is 14.1. The number of alkyl halides is 2. The van der Waals surface area contributed by atoms with Crippen molar-refractivity contribution >= 4 is 11.7 Å². The minimum absolute atomic E-state index is 0.0211. The van der Waals surface area contributed by atoms with Gasteiger partial charge in [0.05, 0.1) is 19.4 Å². The van der Waals surface area contributed by atoms with Gasteiger partial charge < -0.3 is 29.6 Å². The second-order valence-electron chi connectivity index (χ2n) is 8.12. The van der Waals surface area contributed by atoms with Crippen LogP contribution < -0.4 is 5.32 Å². The van der Waals surface area contributed by atoms with Gasteiger partial charge in [0.25, 0.3) is 11.8 Å². The first kappa shape index (κ1) is 24.4. The SMILES string of the molecule is O=C(Nc1cccc(-c2cn(C(O)(O)c3ccc(-c4nnc(C(F)F)o4)cc3)nn2)c1)N1CCOCC1. The number of nitrogens with one attached hydrogen (secondary N) is 1. The topological polar surface area (TPSA) is 152 Å². The average molecular weight is 513 g/mol. The minimum atomic E-state index is -2.90. The molecule has 1 saturated heterocycles. The molecule has 1 aliphatic heterocycles. The van der Waals surface area contributed by atoms with Gasteiger partial charge in [-0.05, 0) is 24.3 Å². The van der Waals surface area contributed by atoms with Gasteiger partial charge in [0, 0.05) is 35.5 Å². The second-order valence-corrected chi connectivity index (χ2v) is 8.12. The quantitative estimate of drug-likeness (QED) is 0.330. The predicted octanol–water partition coefficient (Wildman–Crippen LogP) is 2.44.